The highest BCUT2D eigenvalue weighted by Gasteiger charge is 2.35. The zero-order valence-electron chi connectivity index (χ0n) is 15.6. The summed E-state index contributed by atoms with van der Waals surface area (Å²) in [6.07, 6.45) is 0. The Bertz CT molecular complexity index is 889. The van der Waals surface area contributed by atoms with Crippen LogP contribution in [0.15, 0.2) is 47.4 Å². The Balaban J connectivity index is 0.00000261. The Hall–Kier alpha value is -1.80. The quantitative estimate of drug-likeness (QED) is 0.817. The smallest absolute Gasteiger partial charge is 0.243 e. The number of methoxy groups -OCH3 is 2. The van der Waals surface area contributed by atoms with Crippen molar-refractivity contribution in [2.75, 3.05) is 33.9 Å². The molecule has 1 saturated heterocycles. The number of nitrogens with zero attached hydrogens (tertiary/aromatic N) is 1. The van der Waals surface area contributed by atoms with Gasteiger partial charge in [0.2, 0.25) is 10.0 Å². The molecule has 1 atom stereocenters. The fourth-order valence-corrected chi connectivity index (χ4v) is 5.02. The van der Waals surface area contributed by atoms with Gasteiger partial charge in [-0.25, -0.2) is 8.42 Å². The molecule has 148 valence electrons. The average molecular weight is 413 g/mol. The highest BCUT2D eigenvalue weighted by molar-refractivity contribution is 7.89. The second kappa shape index (κ2) is 8.93. The van der Waals surface area contributed by atoms with E-state index in [9.17, 15) is 8.42 Å². The van der Waals surface area contributed by atoms with Crippen molar-refractivity contribution in [1.82, 2.24) is 9.62 Å². The van der Waals surface area contributed by atoms with Gasteiger partial charge in [-0.15, -0.1) is 12.4 Å². The standard InChI is InChI=1S/C19H24N2O4S.ClH/c1-14-12-15(8-9-18(14)24-2)26(22,23)21-11-10-20-13-17(21)16-6-4-5-7-19(16)25-3;/h4-9,12,17,20H,10-11,13H2,1-3H3;1H. The fourth-order valence-electron chi connectivity index (χ4n) is 3.33. The molecule has 0 spiro atoms. The lowest BCUT2D eigenvalue weighted by atomic mass is 10.0. The molecule has 0 bridgehead atoms. The summed E-state index contributed by atoms with van der Waals surface area (Å²) < 4.78 is 38.9. The van der Waals surface area contributed by atoms with Gasteiger partial charge in [0.05, 0.1) is 25.2 Å². The third kappa shape index (κ3) is 4.21. The summed E-state index contributed by atoms with van der Waals surface area (Å²) in [4.78, 5) is 0.276. The van der Waals surface area contributed by atoms with Crippen molar-refractivity contribution in [3.8, 4) is 11.5 Å². The van der Waals surface area contributed by atoms with Crippen LogP contribution >= 0.6 is 12.4 Å². The van der Waals surface area contributed by atoms with Gasteiger partial charge in [0.15, 0.2) is 0 Å². The molecule has 1 N–H and O–H groups in total. The number of sulfonamides is 1. The van der Waals surface area contributed by atoms with Crippen LogP contribution in [0.2, 0.25) is 0 Å². The largest absolute Gasteiger partial charge is 0.496 e. The van der Waals surface area contributed by atoms with Crippen molar-refractivity contribution < 1.29 is 17.9 Å². The minimum atomic E-state index is -3.65. The van der Waals surface area contributed by atoms with Gasteiger partial charge in [-0.3, -0.25) is 0 Å². The van der Waals surface area contributed by atoms with Crippen LogP contribution in [-0.2, 0) is 10.0 Å². The number of hydrogen-bond donors (Lipinski definition) is 1. The number of ether oxygens (including phenoxy) is 2. The molecule has 0 radical (unpaired) electrons. The summed E-state index contributed by atoms with van der Waals surface area (Å²) in [6.45, 7) is 3.39. The van der Waals surface area contributed by atoms with Crippen molar-refractivity contribution in [3.63, 3.8) is 0 Å². The highest BCUT2D eigenvalue weighted by atomic mass is 35.5. The molecule has 2 aromatic carbocycles. The predicted molar refractivity (Wildman–Crippen MR) is 107 cm³/mol. The van der Waals surface area contributed by atoms with E-state index in [1.54, 1.807) is 36.7 Å². The Morgan fingerprint density at radius 1 is 1.07 bits per heavy atom. The SMILES string of the molecule is COc1ccc(S(=O)(=O)N2CCNCC2c2ccccc2OC)cc1C.Cl. The summed E-state index contributed by atoms with van der Waals surface area (Å²) in [5.74, 6) is 1.36. The second-order valence-corrected chi connectivity index (χ2v) is 8.10. The van der Waals surface area contributed by atoms with E-state index in [0.717, 1.165) is 11.1 Å². The number of rotatable bonds is 5. The first-order chi connectivity index (χ1) is 12.5. The number of nitrogens with one attached hydrogen (secondary N) is 1. The Morgan fingerprint density at radius 3 is 2.44 bits per heavy atom. The van der Waals surface area contributed by atoms with Crippen molar-refractivity contribution >= 4 is 22.4 Å². The molecule has 27 heavy (non-hydrogen) atoms. The first kappa shape index (κ1) is 21.5. The van der Waals surface area contributed by atoms with E-state index in [1.807, 2.05) is 31.2 Å². The Labute approximate surface area is 166 Å². The van der Waals surface area contributed by atoms with Crippen LogP contribution in [0, 0.1) is 6.92 Å². The van der Waals surface area contributed by atoms with Crippen molar-refractivity contribution in [3.05, 3.63) is 53.6 Å². The lowest BCUT2D eigenvalue weighted by Gasteiger charge is -2.36. The molecule has 0 amide bonds. The number of para-hydroxylation sites is 1. The molecule has 2 aromatic rings. The molecule has 3 rings (SSSR count). The van der Waals surface area contributed by atoms with Gasteiger partial charge in [-0.2, -0.15) is 4.31 Å². The minimum absolute atomic E-state index is 0. The molecule has 1 heterocycles. The van der Waals surface area contributed by atoms with Crippen LogP contribution in [0.25, 0.3) is 0 Å². The van der Waals surface area contributed by atoms with Crippen molar-refractivity contribution in [2.45, 2.75) is 17.9 Å². The van der Waals surface area contributed by atoms with Gasteiger partial charge in [0.25, 0.3) is 0 Å². The number of piperazine rings is 1. The molecule has 6 nitrogen and oxygen atoms in total. The summed E-state index contributed by atoms with van der Waals surface area (Å²) in [5, 5.41) is 3.29. The molecule has 1 fully saturated rings. The zero-order valence-corrected chi connectivity index (χ0v) is 17.3. The van der Waals surface area contributed by atoms with Gasteiger partial charge in [0, 0.05) is 25.2 Å². The molecule has 0 aromatic heterocycles. The Morgan fingerprint density at radius 2 is 1.78 bits per heavy atom. The summed E-state index contributed by atoms with van der Waals surface area (Å²) in [7, 11) is -0.478. The van der Waals surface area contributed by atoms with Crippen LogP contribution in [0.1, 0.15) is 17.2 Å². The molecule has 0 aliphatic carbocycles. The maximum absolute atomic E-state index is 13.3. The lowest BCUT2D eigenvalue weighted by Crippen LogP contribution is -2.48. The van der Waals surface area contributed by atoms with E-state index in [4.69, 9.17) is 9.47 Å². The van der Waals surface area contributed by atoms with Gasteiger partial charge < -0.3 is 14.8 Å². The van der Waals surface area contributed by atoms with Crippen LogP contribution in [0.3, 0.4) is 0 Å². The first-order valence-electron chi connectivity index (χ1n) is 8.49. The normalized spacial score (nSPS) is 17.8. The second-order valence-electron chi connectivity index (χ2n) is 6.21. The topological polar surface area (TPSA) is 67.9 Å². The molecule has 1 unspecified atom stereocenters. The van der Waals surface area contributed by atoms with Crippen LogP contribution in [0.5, 0.6) is 11.5 Å². The lowest BCUT2D eigenvalue weighted by molar-refractivity contribution is 0.264. The number of hydrogen-bond acceptors (Lipinski definition) is 5. The maximum atomic E-state index is 13.3. The molecule has 1 aliphatic rings. The summed E-state index contributed by atoms with van der Waals surface area (Å²) in [6, 6.07) is 12.2. The van der Waals surface area contributed by atoms with Crippen molar-refractivity contribution in [1.29, 1.82) is 0 Å². The number of benzene rings is 2. The monoisotopic (exact) mass is 412 g/mol. The zero-order chi connectivity index (χ0) is 18.7. The van der Waals surface area contributed by atoms with E-state index in [-0.39, 0.29) is 23.3 Å². The first-order valence-corrected chi connectivity index (χ1v) is 9.93. The van der Waals surface area contributed by atoms with Crippen LogP contribution < -0.4 is 14.8 Å². The molecular weight excluding hydrogens is 388 g/mol. The third-order valence-corrected chi connectivity index (χ3v) is 6.57. The molecule has 1 aliphatic heterocycles. The van der Waals surface area contributed by atoms with Gasteiger partial charge in [-0.05, 0) is 36.8 Å². The maximum Gasteiger partial charge on any atom is 0.243 e. The van der Waals surface area contributed by atoms with E-state index < -0.39 is 10.0 Å². The van der Waals surface area contributed by atoms with Crippen molar-refractivity contribution in [2.24, 2.45) is 0 Å². The highest BCUT2D eigenvalue weighted by Crippen LogP contribution is 2.34. The number of aryl methyl sites for hydroxylation is 1. The molecule has 0 saturated carbocycles. The molecular formula is C19H25ClN2O4S. The van der Waals surface area contributed by atoms with E-state index >= 15 is 0 Å². The number of halogens is 1. The molecule has 8 heteroatoms. The summed E-state index contributed by atoms with van der Waals surface area (Å²) in [5.41, 5.74) is 1.65. The fraction of sp³-hybridized carbons (Fsp3) is 0.368. The van der Waals surface area contributed by atoms with E-state index in [2.05, 4.69) is 5.32 Å². The van der Waals surface area contributed by atoms with E-state index in [1.165, 1.54) is 0 Å². The minimum Gasteiger partial charge on any atom is -0.496 e. The summed E-state index contributed by atoms with van der Waals surface area (Å²) >= 11 is 0. The van der Waals surface area contributed by atoms with Gasteiger partial charge in [-0.1, -0.05) is 18.2 Å². The van der Waals surface area contributed by atoms with Crippen LogP contribution in [-0.4, -0.2) is 46.6 Å². The van der Waals surface area contributed by atoms with E-state index in [0.29, 0.717) is 31.1 Å². The predicted octanol–water partition coefficient (Wildman–Crippen LogP) is 2.77. The Kier molecular flexibility index (Phi) is 7.11. The van der Waals surface area contributed by atoms with Crippen LogP contribution in [0.4, 0.5) is 0 Å². The average Bonchev–Trinajstić information content (AvgIpc) is 2.67. The van der Waals surface area contributed by atoms with Gasteiger partial charge >= 0.3 is 0 Å². The van der Waals surface area contributed by atoms with Gasteiger partial charge in [0.1, 0.15) is 11.5 Å². The third-order valence-electron chi connectivity index (χ3n) is 4.67.